The largest absolute Gasteiger partial charge is 0.456 e. The Hall–Kier alpha value is -8.41. The molecular weight excluding hydrogens is 757 g/mol. The lowest BCUT2D eigenvalue weighted by atomic mass is 9.89. The second-order valence-corrected chi connectivity index (χ2v) is 15.5. The summed E-state index contributed by atoms with van der Waals surface area (Å²) in [5.41, 5.74) is 14.3. The van der Waals surface area contributed by atoms with Crippen LogP contribution < -0.4 is 0 Å². The van der Waals surface area contributed by atoms with Crippen molar-refractivity contribution in [2.45, 2.75) is 0 Å². The van der Waals surface area contributed by atoms with Crippen LogP contribution in [0.3, 0.4) is 0 Å². The molecule has 62 heavy (non-hydrogen) atoms. The monoisotopic (exact) mass is 792 g/mol. The van der Waals surface area contributed by atoms with Crippen LogP contribution in [0.4, 0.5) is 0 Å². The highest BCUT2D eigenvalue weighted by atomic mass is 16.3. The minimum atomic E-state index is 0.586. The van der Waals surface area contributed by atoms with Crippen molar-refractivity contribution in [1.29, 1.82) is 0 Å². The van der Waals surface area contributed by atoms with E-state index in [1.165, 1.54) is 5.39 Å². The molecule has 0 bridgehead atoms. The molecule has 9 aromatic carbocycles. The van der Waals surface area contributed by atoms with Gasteiger partial charge in [-0.1, -0.05) is 176 Å². The van der Waals surface area contributed by atoms with Crippen LogP contribution in [0.1, 0.15) is 0 Å². The van der Waals surface area contributed by atoms with Gasteiger partial charge >= 0.3 is 0 Å². The minimum absolute atomic E-state index is 0.586. The van der Waals surface area contributed by atoms with Gasteiger partial charge in [0.1, 0.15) is 11.2 Å². The SMILES string of the molecule is c1ccc(-c2nc(-c3ccccc3)nc(-c3cc(-c4ccccc4-c4ccccc4)ccc3-c3cccc4oc5cc6c7ccccc7n(-c7ccccc7)c6cc5c34)n2)cc1. The molecule has 0 saturated heterocycles. The summed E-state index contributed by atoms with van der Waals surface area (Å²) in [7, 11) is 0. The smallest absolute Gasteiger partial charge is 0.164 e. The average Bonchev–Trinajstić information content (AvgIpc) is 3.89. The first-order chi connectivity index (χ1) is 30.7. The van der Waals surface area contributed by atoms with E-state index in [0.29, 0.717) is 17.5 Å². The first kappa shape index (κ1) is 35.5. The summed E-state index contributed by atoms with van der Waals surface area (Å²) < 4.78 is 9.15. The molecule has 12 aromatic rings. The maximum atomic E-state index is 6.79. The maximum absolute atomic E-state index is 6.79. The van der Waals surface area contributed by atoms with E-state index in [1.807, 2.05) is 36.4 Å². The number of para-hydroxylation sites is 2. The molecule has 0 saturated carbocycles. The third-order valence-corrected chi connectivity index (χ3v) is 11.9. The highest BCUT2D eigenvalue weighted by Gasteiger charge is 2.22. The fourth-order valence-corrected chi connectivity index (χ4v) is 9.03. The number of aromatic nitrogens is 4. The second-order valence-electron chi connectivity index (χ2n) is 15.5. The normalized spacial score (nSPS) is 11.5. The Morgan fingerprint density at radius 1 is 0.306 bits per heavy atom. The van der Waals surface area contributed by atoms with Crippen LogP contribution in [0.25, 0.3) is 117 Å². The van der Waals surface area contributed by atoms with Crippen molar-refractivity contribution in [2.24, 2.45) is 0 Å². The Kier molecular flexibility index (Phi) is 8.42. The summed E-state index contributed by atoms with van der Waals surface area (Å²) in [5.74, 6) is 1.81. The lowest BCUT2D eigenvalue weighted by Gasteiger charge is -2.16. The van der Waals surface area contributed by atoms with Crippen molar-refractivity contribution in [3.63, 3.8) is 0 Å². The molecule has 0 aliphatic carbocycles. The van der Waals surface area contributed by atoms with Gasteiger partial charge in [0.05, 0.1) is 11.0 Å². The molecule has 0 aliphatic heterocycles. The Labute approximate surface area is 357 Å². The molecule has 3 heterocycles. The van der Waals surface area contributed by atoms with Gasteiger partial charge in [0, 0.05) is 43.9 Å². The Balaban J connectivity index is 1.15. The summed E-state index contributed by atoms with van der Waals surface area (Å²) >= 11 is 0. The zero-order chi connectivity index (χ0) is 41.0. The highest BCUT2D eigenvalue weighted by Crippen LogP contribution is 2.45. The van der Waals surface area contributed by atoms with Gasteiger partial charge in [0.15, 0.2) is 17.5 Å². The first-order valence-corrected chi connectivity index (χ1v) is 20.9. The third-order valence-electron chi connectivity index (χ3n) is 11.9. The Morgan fingerprint density at radius 2 is 0.871 bits per heavy atom. The van der Waals surface area contributed by atoms with Crippen LogP contribution in [0.5, 0.6) is 0 Å². The summed E-state index contributed by atoms with van der Waals surface area (Å²) in [6, 6.07) is 76.2. The van der Waals surface area contributed by atoms with Crippen molar-refractivity contribution in [1.82, 2.24) is 19.5 Å². The standard InChI is InChI=1S/C57H36N4O/c1-5-18-37(19-6-1)42-26-13-14-27-43(42)40-32-33-44(48(34-40)57-59-55(38-20-7-2-8-21-38)58-56(60-57)39-22-9-3-10-23-39)46-29-17-31-52-54(46)49-35-51-47(36-53(49)62-52)45-28-15-16-30-50(45)61(51)41-24-11-4-12-25-41/h1-36H. The molecule has 0 amide bonds. The summed E-state index contributed by atoms with van der Waals surface area (Å²) in [4.78, 5) is 15.6. The molecule has 0 unspecified atom stereocenters. The van der Waals surface area contributed by atoms with Crippen molar-refractivity contribution >= 4 is 43.7 Å². The Bertz CT molecular complexity index is 3560. The van der Waals surface area contributed by atoms with Gasteiger partial charge < -0.3 is 8.98 Å². The number of furan rings is 1. The molecule has 0 spiro atoms. The van der Waals surface area contributed by atoms with E-state index < -0.39 is 0 Å². The molecule has 0 N–H and O–H groups in total. The van der Waals surface area contributed by atoms with Crippen LogP contribution in [-0.2, 0) is 0 Å². The quantitative estimate of drug-likeness (QED) is 0.161. The van der Waals surface area contributed by atoms with E-state index in [4.69, 9.17) is 19.4 Å². The molecule has 12 rings (SSSR count). The predicted octanol–water partition coefficient (Wildman–Crippen LogP) is 14.9. The molecule has 5 heteroatoms. The second kappa shape index (κ2) is 14.7. The molecule has 5 nitrogen and oxygen atoms in total. The van der Waals surface area contributed by atoms with Crippen molar-refractivity contribution in [3.8, 4) is 73.2 Å². The van der Waals surface area contributed by atoms with Gasteiger partial charge in [0.2, 0.25) is 0 Å². The zero-order valence-corrected chi connectivity index (χ0v) is 33.5. The van der Waals surface area contributed by atoms with E-state index in [1.54, 1.807) is 0 Å². The van der Waals surface area contributed by atoms with Crippen LogP contribution >= 0.6 is 0 Å². The third kappa shape index (κ3) is 5.98. The van der Waals surface area contributed by atoms with Gasteiger partial charge in [0.25, 0.3) is 0 Å². The number of fused-ring (bicyclic) bond motifs is 6. The van der Waals surface area contributed by atoms with Gasteiger partial charge in [-0.25, -0.2) is 15.0 Å². The number of nitrogens with zero attached hydrogens (tertiary/aromatic N) is 4. The molecule has 0 atom stereocenters. The van der Waals surface area contributed by atoms with Crippen LogP contribution in [0.2, 0.25) is 0 Å². The molecule has 0 aliphatic rings. The average molecular weight is 793 g/mol. The number of hydrogen-bond donors (Lipinski definition) is 0. The zero-order valence-electron chi connectivity index (χ0n) is 33.5. The number of rotatable bonds is 7. The Morgan fingerprint density at radius 3 is 1.56 bits per heavy atom. The lowest BCUT2D eigenvalue weighted by Crippen LogP contribution is -2.01. The van der Waals surface area contributed by atoms with Gasteiger partial charge in [-0.3, -0.25) is 0 Å². The number of hydrogen-bond acceptors (Lipinski definition) is 4. The van der Waals surface area contributed by atoms with Crippen molar-refractivity contribution in [3.05, 3.63) is 218 Å². The minimum Gasteiger partial charge on any atom is -0.456 e. The lowest BCUT2D eigenvalue weighted by molar-refractivity contribution is 0.669. The topological polar surface area (TPSA) is 56.7 Å². The van der Waals surface area contributed by atoms with Crippen LogP contribution in [-0.4, -0.2) is 19.5 Å². The van der Waals surface area contributed by atoms with Crippen molar-refractivity contribution in [2.75, 3.05) is 0 Å². The molecule has 3 aromatic heterocycles. The van der Waals surface area contributed by atoms with Crippen LogP contribution in [0, 0.1) is 0 Å². The fourth-order valence-electron chi connectivity index (χ4n) is 9.03. The van der Waals surface area contributed by atoms with Gasteiger partial charge in [-0.05, 0) is 75.8 Å². The van der Waals surface area contributed by atoms with Crippen molar-refractivity contribution < 1.29 is 4.42 Å². The summed E-state index contributed by atoms with van der Waals surface area (Å²) in [6.07, 6.45) is 0. The van der Waals surface area contributed by atoms with E-state index in [-0.39, 0.29) is 0 Å². The molecule has 290 valence electrons. The molecular formula is C57H36N4O. The maximum Gasteiger partial charge on any atom is 0.164 e. The highest BCUT2D eigenvalue weighted by molar-refractivity contribution is 6.20. The van der Waals surface area contributed by atoms with E-state index in [0.717, 1.165) is 94.1 Å². The molecule has 0 radical (unpaired) electrons. The van der Waals surface area contributed by atoms with Gasteiger partial charge in [-0.2, -0.15) is 0 Å². The molecule has 0 fully saturated rings. The van der Waals surface area contributed by atoms with E-state index in [9.17, 15) is 0 Å². The van der Waals surface area contributed by atoms with Gasteiger partial charge in [-0.15, -0.1) is 0 Å². The predicted molar refractivity (Wildman–Crippen MR) is 254 cm³/mol. The van der Waals surface area contributed by atoms with Crippen LogP contribution in [0.15, 0.2) is 223 Å². The first-order valence-electron chi connectivity index (χ1n) is 20.9. The number of benzene rings is 9. The summed E-state index contributed by atoms with van der Waals surface area (Å²) in [5, 5.41) is 4.40. The fraction of sp³-hybridized carbons (Fsp3) is 0. The van der Waals surface area contributed by atoms with E-state index >= 15 is 0 Å². The van der Waals surface area contributed by atoms with E-state index in [2.05, 4.69) is 187 Å². The summed E-state index contributed by atoms with van der Waals surface area (Å²) in [6.45, 7) is 0.